The molecule has 0 unspecified atom stereocenters. The molecule has 0 bridgehead atoms. The lowest BCUT2D eigenvalue weighted by molar-refractivity contribution is 0.402. The van der Waals surface area contributed by atoms with Crippen molar-refractivity contribution in [3.63, 3.8) is 0 Å². The van der Waals surface area contributed by atoms with Gasteiger partial charge in [0.05, 0.1) is 0 Å². The molecule has 0 fully saturated rings. The molecule has 0 saturated carbocycles. The van der Waals surface area contributed by atoms with Crippen LogP contribution in [-0.4, -0.2) is 24.3 Å². The normalized spacial score (nSPS) is 13.1. The van der Waals surface area contributed by atoms with Crippen LogP contribution in [0.2, 0.25) is 0 Å². The van der Waals surface area contributed by atoms with Crippen molar-refractivity contribution in [1.82, 2.24) is 10.1 Å². The van der Waals surface area contributed by atoms with E-state index in [1.54, 1.807) is 6.92 Å². The highest BCUT2D eigenvalue weighted by Gasteiger charge is 2.15. The Morgan fingerprint density at radius 2 is 2.20 bits per heavy atom. The van der Waals surface area contributed by atoms with E-state index in [0.717, 1.165) is 5.57 Å². The van der Waals surface area contributed by atoms with Gasteiger partial charge in [0.15, 0.2) is 15.7 Å². The minimum Gasteiger partial charge on any atom is -0.334 e. The van der Waals surface area contributed by atoms with Crippen molar-refractivity contribution >= 4 is 15.4 Å². The summed E-state index contributed by atoms with van der Waals surface area (Å²) in [6, 6.07) is 0. The van der Waals surface area contributed by atoms with Crippen LogP contribution in [0.3, 0.4) is 0 Å². The molecule has 0 aliphatic heterocycles. The summed E-state index contributed by atoms with van der Waals surface area (Å²) < 4.78 is 27.5. The first-order valence-corrected chi connectivity index (χ1v) is 6.47. The Morgan fingerprint density at radius 1 is 1.53 bits per heavy atom. The van der Waals surface area contributed by atoms with Crippen molar-refractivity contribution in [3.05, 3.63) is 17.8 Å². The molecule has 1 heterocycles. The monoisotopic (exact) mass is 230 g/mol. The van der Waals surface area contributed by atoms with E-state index in [9.17, 15) is 8.42 Å². The predicted octanol–water partition coefficient (Wildman–Crippen LogP) is 1.43. The van der Waals surface area contributed by atoms with Crippen molar-refractivity contribution in [3.8, 4) is 0 Å². The number of rotatable bonds is 4. The number of hydrogen-bond acceptors (Lipinski definition) is 5. The summed E-state index contributed by atoms with van der Waals surface area (Å²) in [5.74, 6) is 0.510. The molecule has 0 aromatic carbocycles. The average molecular weight is 230 g/mol. The summed E-state index contributed by atoms with van der Waals surface area (Å²) in [4.78, 5) is 3.99. The van der Waals surface area contributed by atoms with Crippen LogP contribution in [0.4, 0.5) is 0 Å². The molecule has 0 saturated heterocycles. The van der Waals surface area contributed by atoms with Crippen LogP contribution in [0.25, 0.3) is 5.57 Å². The Labute approximate surface area is 89.1 Å². The summed E-state index contributed by atoms with van der Waals surface area (Å²) in [5.41, 5.74) is 0.836. The Hall–Kier alpha value is -1.17. The van der Waals surface area contributed by atoms with E-state index in [1.165, 1.54) is 0 Å². The fraction of sp³-hybridized carbons (Fsp3) is 0.556. The second kappa shape index (κ2) is 4.57. The average Bonchev–Trinajstić information content (AvgIpc) is 2.64. The van der Waals surface area contributed by atoms with Gasteiger partial charge in [-0.1, -0.05) is 18.2 Å². The van der Waals surface area contributed by atoms with Gasteiger partial charge in [0.25, 0.3) is 5.89 Å². The first-order chi connectivity index (χ1) is 6.98. The number of allylic oxidation sites excluding steroid dienone is 2. The summed E-state index contributed by atoms with van der Waals surface area (Å²) in [6.07, 6.45) is 1.83. The minimum absolute atomic E-state index is 0.0828. The quantitative estimate of drug-likeness (QED) is 0.782. The Kier molecular flexibility index (Phi) is 3.62. The maximum atomic E-state index is 11.3. The van der Waals surface area contributed by atoms with Gasteiger partial charge < -0.3 is 4.52 Å². The third-order valence-electron chi connectivity index (χ3n) is 2.03. The van der Waals surface area contributed by atoms with Crippen molar-refractivity contribution < 1.29 is 12.9 Å². The lowest BCUT2D eigenvalue weighted by Gasteiger charge is -1.93. The van der Waals surface area contributed by atoms with E-state index in [4.69, 9.17) is 4.52 Å². The molecule has 0 spiro atoms. The lowest BCUT2D eigenvalue weighted by Crippen LogP contribution is -2.07. The van der Waals surface area contributed by atoms with Gasteiger partial charge in [-0.15, -0.1) is 0 Å². The molecule has 0 radical (unpaired) electrons. The van der Waals surface area contributed by atoms with Gasteiger partial charge in [-0.25, -0.2) is 8.42 Å². The smallest absolute Gasteiger partial charge is 0.253 e. The molecule has 0 N–H and O–H groups in total. The van der Waals surface area contributed by atoms with Crippen molar-refractivity contribution in [2.45, 2.75) is 26.5 Å². The maximum Gasteiger partial charge on any atom is 0.253 e. The first-order valence-electron chi connectivity index (χ1n) is 4.64. The molecule has 5 nitrogen and oxygen atoms in total. The summed E-state index contributed by atoms with van der Waals surface area (Å²) >= 11 is 0. The van der Waals surface area contributed by atoms with E-state index >= 15 is 0 Å². The van der Waals surface area contributed by atoms with Crippen molar-refractivity contribution in [2.75, 3.05) is 5.75 Å². The summed E-state index contributed by atoms with van der Waals surface area (Å²) in [6.45, 7) is 5.27. The van der Waals surface area contributed by atoms with Crippen LogP contribution in [0.1, 0.15) is 32.5 Å². The van der Waals surface area contributed by atoms with Gasteiger partial charge in [0.1, 0.15) is 5.75 Å². The van der Waals surface area contributed by atoms with Crippen LogP contribution in [0, 0.1) is 0 Å². The fourth-order valence-electron chi connectivity index (χ4n) is 0.895. The van der Waals surface area contributed by atoms with Gasteiger partial charge in [0, 0.05) is 11.3 Å². The number of aromatic nitrogens is 2. The molecule has 84 valence electrons. The molecular weight excluding hydrogens is 216 g/mol. The zero-order valence-corrected chi connectivity index (χ0v) is 9.84. The van der Waals surface area contributed by atoms with E-state index in [1.807, 2.05) is 19.9 Å². The first kappa shape index (κ1) is 11.9. The van der Waals surface area contributed by atoms with Gasteiger partial charge in [-0.2, -0.15) is 4.98 Å². The second-order valence-corrected chi connectivity index (χ2v) is 5.52. The lowest BCUT2D eigenvalue weighted by atomic mass is 10.3. The third kappa shape index (κ3) is 3.16. The van der Waals surface area contributed by atoms with Crippen LogP contribution in [0.15, 0.2) is 10.6 Å². The number of nitrogens with zero attached hydrogens (tertiary/aromatic N) is 2. The number of hydrogen-bond donors (Lipinski definition) is 0. The topological polar surface area (TPSA) is 73.1 Å². The van der Waals surface area contributed by atoms with Gasteiger partial charge in [-0.05, 0) is 13.8 Å². The van der Waals surface area contributed by atoms with Crippen LogP contribution in [0.5, 0.6) is 0 Å². The largest absolute Gasteiger partial charge is 0.334 e. The standard InChI is InChI=1S/C9H14N2O3S/c1-4-7(3)9-10-8(11-14-9)6-15(12,13)5-2/h4H,5-6H2,1-3H3/b7-4+. The molecule has 1 rings (SSSR count). The van der Waals surface area contributed by atoms with Gasteiger partial charge in [0.2, 0.25) is 0 Å². The maximum absolute atomic E-state index is 11.3. The number of sulfone groups is 1. The summed E-state index contributed by atoms with van der Waals surface area (Å²) in [5, 5.41) is 3.61. The van der Waals surface area contributed by atoms with Crippen molar-refractivity contribution in [2.24, 2.45) is 0 Å². The Balaban J connectivity index is 2.87. The predicted molar refractivity (Wildman–Crippen MR) is 56.8 cm³/mol. The molecule has 0 atom stereocenters. The molecule has 0 aliphatic carbocycles. The van der Waals surface area contributed by atoms with Gasteiger partial charge >= 0.3 is 0 Å². The highest BCUT2D eigenvalue weighted by atomic mass is 32.2. The fourth-order valence-corrected chi connectivity index (χ4v) is 1.61. The van der Waals surface area contributed by atoms with Crippen molar-refractivity contribution in [1.29, 1.82) is 0 Å². The summed E-state index contributed by atoms with van der Waals surface area (Å²) in [7, 11) is -3.10. The van der Waals surface area contributed by atoms with E-state index in [-0.39, 0.29) is 17.3 Å². The molecule has 1 aromatic rings. The molecule has 6 heteroatoms. The van der Waals surface area contributed by atoms with Crippen LogP contribution < -0.4 is 0 Å². The van der Waals surface area contributed by atoms with Crippen LogP contribution >= 0.6 is 0 Å². The van der Waals surface area contributed by atoms with E-state index in [0.29, 0.717) is 5.89 Å². The zero-order chi connectivity index (χ0) is 11.5. The second-order valence-electron chi connectivity index (χ2n) is 3.16. The Bertz CT molecular complexity index is 459. The molecule has 0 aliphatic rings. The van der Waals surface area contributed by atoms with E-state index < -0.39 is 9.84 Å². The van der Waals surface area contributed by atoms with Gasteiger partial charge in [-0.3, -0.25) is 0 Å². The molecular formula is C9H14N2O3S. The third-order valence-corrected chi connectivity index (χ3v) is 3.60. The SMILES string of the molecule is C/C=C(\C)c1nc(CS(=O)(=O)CC)no1. The van der Waals surface area contributed by atoms with Crippen LogP contribution in [-0.2, 0) is 15.6 Å². The molecule has 0 amide bonds. The minimum atomic E-state index is -3.10. The van der Waals surface area contributed by atoms with E-state index in [2.05, 4.69) is 10.1 Å². The highest BCUT2D eigenvalue weighted by Crippen LogP contribution is 2.11. The molecule has 15 heavy (non-hydrogen) atoms. The molecule has 1 aromatic heterocycles. The highest BCUT2D eigenvalue weighted by molar-refractivity contribution is 7.90. The Morgan fingerprint density at radius 3 is 2.73 bits per heavy atom. The zero-order valence-electron chi connectivity index (χ0n) is 9.02.